The minimum absolute atomic E-state index is 0.299. The first-order chi connectivity index (χ1) is 10.5. The summed E-state index contributed by atoms with van der Waals surface area (Å²) >= 11 is 0. The SMILES string of the molecule is CCn1cc(C(=O)C[C@@]2(O)C(=O)Nc3ccccc32)c(C)n1. The molecule has 0 unspecified atom stereocenters. The molecule has 0 spiro atoms. The number of fused-ring (bicyclic) bond motifs is 1. The fourth-order valence-electron chi connectivity index (χ4n) is 2.76. The molecule has 0 saturated carbocycles. The van der Waals surface area contributed by atoms with Gasteiger partial charge in [0.2, 0.25) is 0 Å². The van der Waals surface area contributed by atoms with Crippen LogP contribution in [0.15, 0.2) is 30.5 Å². The first-order valence-electron chi connectivity index (χ1n) is 7.16. The number of hydrogen-bond donors (Lipinski definition) is 2. The highest BCUT2D eigenvalue weighted by atomic mass is 16.3. The van der Waals surface area contributed by atoms with Crippen LogP contribution in [0, 0.1) is 6.92 Å². The molecule has 0 saturated heterocycles. The van der Waals surface area contributed by atoms with Crippen LogP contribution in [-0.4, -0.2) is 26.6 Å². The lowest BCUT2D eigenvalue weighted by Gasteiger charge is -2.19. The third-order valence-corrected chi connectivity index (χ3v) is 3.98. The third-order valence-electron chi connectivity index (χ3n) is 3.98. The zero-order valence-electron chi connectivity index (χ0n) is 12.5. The summed E-state index contributed by atoms with van der Waals surface area (Å²) in [6, 6.07) is 6.86. The summed E-state index contributed by atoms with van der Waals surface area (Å²) in [5.74, 6) is -0.867. The molecule has 6 nitrogen and oxygen atoms in total. The normalized spacial score (nSPS) is 19.9. The van der Waals surface area contributed by atoms with Crippen LogP contribution < -0.4 is 5.32 Å². The number of para-hydroxylation sites is 1. The van der Waals surface area contributed by atoms with Crippen LogP contribution >= 0.6 is 0 Å². The number of aryl methyl sites for hydroxylation is 2. The van der Waals surface area contributed by atoms with Crippen molar-refractivity contribution in [3.8, 4) is 0 Å². The van der Waals surface area contributed by atoms with Gasteiger partial charge in [-0.05, 0) is 19.9 Å². The lowest BCUT2D eigenvalue weighted by atomic mass is 9.88. The Hall–Kier alpha value is -2.47. The molecule has 22 heavy (non-hydrogen) atoms. The average molecular weight is 299 g/mol. The zero-order chi connectivity index (χ0) is 15.9. The maximum Gasteiger partial charge on any atom is 0.261 e. The van der Waals surface area contributed by atoms with E-state index >= 15 is 0 Å². The Bertz CT molecular complexity index is 766. The summed E-state index contributed by atoms with van der Waals surface area (Å²) in [5.41, 5.74) is 0.196. The summed E-state index contributed by atoms with van der Waals surface area (Å²) in [7, 11) is 0. The lowest BCUT2D eigenvalue weighted by molar-refractivity contribution is -0.133. The summed E-state index contributed by atoms with van der Waals surface area (Å²) in [4.78, 5) is 24.6. The first kappa shape index (κ1) is 14.5. The van der Waals surface area contributed by atoms with Gasteiger partial charge in [-0.2, -0.15) is 5.10 Å². The maximum absolute atomic E-state index is 12.5. The van der Waals surface area contributed by atoms with Gasteiger partial charge >= 0.3 is 0 Å². The van der Waals surface area contributed by atoms with Crippen molar-refractivity contribution in [3.05, 3.63) is 47.3 Å². The van der Waals surface area contributed by atoms with Gasteiger partial charge in [0.15, 0.2) is 11.4 Å². The third kappa shape index (κ3) is 2.12. The molecule has 3 rings (SSSR count). The Morgan fingerprint density at radius 1 is 1.41 bits per heavy atom. The van der Waals surface area contributed by atoms with Gasteiger partial charge < -0.3 is 10.4 Å². The highest BCUT2D eigenvalue weighted by Gasteiger charge is 2.46. The number of hydrogen-bond acceptors (Lipinski definition) is 4. The van der Waals surface area contributed by atoms with Crippen LogP contribution in [0.2, 0.25) is 0 Å². The van der Waals surface area contributed by atoms with Crippen molar-refractivity contribution in [2.75, 3.05) is 5.32 Å². The fourth-order valence-corrected chi connectivity index (χ4v) is 2.76. The molecule has 0 bridgehead atoms. The van der Waals surface area contributed by atoms with Crippen molar-refractivity contribution in [3.63, 3.8) is 0 Å². The number of amides is 1. The van der Waals surface area contributed by atoms with Gasteiger partial charge in [-0.3, -0.25) is 14.3 Å². The molecule has 1 atom stereocenters. The predicted molar refractivity (Wildman–Crippen MR) is 80.6 cm³/mol. The largest absolute Gasteiger partial charge is 0.375 e. The molecular formula is C16H17N3O3. The fraction of sp³-hybridized carbons (Fsp3) is 0.312. The monoisotopic (exact) mass is 299 g/mol. The lowest BCUT2D eigenvalue weighted by Crippen LogP contribution is -2.36. The van der Waals surface area contributed by atoms with Gasteiger partial charge in [-0.1, -0.05) is 18.2 Å². The van der Waals surface area contributed by atoms with Crippen molar-refractivity contribution < 1.29 is 14.7 Å². The molecule has 1 amide bonds. The first-order valence-corrected chi connectivity index (χ1v) is 7.16. The second kappa shape index (κ2) is 5.06. The maximum atomic E-state index is 12.5. The van der Waals surface area contributed by atoms with E-state index in [0.717, 1.165) is 0 Å². The number of rotatable bonds is 4. The highest BCUT2D eigenvalue weighted by Crippen LogP contribution is 2.38. The Balaban J connectivity index is 1.93. The van der Waals surface area contributed by atoms with Crippen LogP contribution in [0.1, 0.15) is 35.0 Å². The van der Waals surface area contributed by atoms with E-state index in [4.69, 9.17) is 0 Å². The van der Waals surface area contributed by atoms with Gasteiger partial charge in [0.05, 0.1) is 17.7 Å². The van der Waals surface area contributed by atoms with Gasteiger partial charge in [0, 0.05) is 24.0 Å². The second-order valence-corrected chi connectivity index (χ2v) is 5.44. The number of carbonyl (C=O) groups excluding carboxylic acids is 2. The van der Waals surface area contributed by atoms with Crippen molar-refractivity contribution in [2.24, 2.45) is 0 Å². The number of aliphatic hydroxyl groups is 1. The van der Waals surface area contributed by atoms with Crippen LogP contribution in [0.25, 0.3) is 0 Å². The van der Waals surface area contributed by atoms with Gasteiger partial charge in [0.25, 0.3) is 5.91 Å². The molecule has 1 aliphatic heterocycles. The van der Waals surface area contributed by atoms with E-state index in [1.165, 1.54) is 0 Å². The number of nitrogens with one attached hydrogen (secondary N) is 1. The van der Waals surface area contributed by atoms with E-state index in [2.05, 4.69) is 10.4 Å². The summed E-state index contributed by atoms with van der Waals surface area (Å²) in [5, 5.41) is 17.6. The standard InChI is InChI=1S/C16H17N3O3/c1-3-19-9-11(10(2)18-19)14(20)8-16(22)12-6-4-5-7-13(12)17-15(16)21/h4-7,9,22H,3,8H2,1-2H3,(H,17,21)/t16-/m0/s1. The van der Waals surface area contributed by atoms with Crippen LogP contribution in [0.3, 0.4) is 0 Å². The smallest absolute Gasteiger partial charge is 0.261 e. The second-order valence-electron chi connectivity index (χ2n) is 5.44. The molecule has 0 aliphatic carbocycles. The summed E-state index contributed by atoms with van der Waals surface area (Å²) in [6.45, 7) is 4.32. The Morgan fingerprint density at radius 3 is 2.82 bits per heavy atom. The number of carbonyl (C=O) groups is 2. The number of aromatic nitrogens is 2. The molecule has 2 heterocycles. The predicted octanol–water partition coefficient (Wildman–Crippen LogP) is 1.62. The molecule has 2 N–H and O–H groups in total. The van der Waals surface area contributed by atoms with Gasteiger partial charge in [-0.25, -0.2) is 0 Å². The van der Waals surface area contributed by atoms with Crippen molar-refractivity contribution in [1.82, 2.24) is 9.78 Å². The molecular weight excluding hydrogens is 282 g/mol. The van der Waals surface area contributed by atoms with Crippen LogP contribution in [-0.2, 0) is 16.9 Å². The van der Waals surface area contributed by atoms with E-state index in [1.54, 1.807) is 42.1 Å². The topological polar surface area (TPSA) is 84.2 Å². The quantitative estimate of drug-likeness (QED) is 0.840. The van der Waals surface area contributed by atoms with Crippen molar-refractivity contribution >= 4 is 17.4 Å². The van der Waals surface area contributed by atoms with E-state index in [1.807, 2.05) is 6.92 Å². The summed E-state index contributed by atoms with van der Waals surface area (Å²) < 4.78 is 1.66. The van der Waals surface area contributed by atoms with E-state index in [0.29, 0.717) is 29.1 Å². The molecule has 1 aromatic carbocycles. The molecule has 114 valence electrons. The molecule has 0 radical (unpaired) electrons. The molecule has 2 aromatic rings. The zero-order valence-corrected chi connectivity index (χ0v) is 12.5. The molecule has 1 aromatic heterocycles. The summed E-state index contributed by atoms with van der Waals surface area (Å²) in [6.07, 6.45) is 1.35. The number of nitrogens with zero attached hydrogens (tertiary/aromatic N) is 2. The molecule has 0 fully saturated rings. The van der Waals surface area contributed by atoms with E-state index in [-0.39, 0.29) is 12.2 Å². The average Bonchev–Trinajstić information content (AvgIpc) is 2.99. The Morgan fingerprint density at radius 2 is 2.14 bits per heavy atom. The molecule has 6 heteroatoms. The van der Waals surface area contributed by atoms with Crippen molar-refractivity contribution in [2.45, 2.75) is 32.4 Å². The minimum atomic E-state index is -1.82. The van der Waals surface area contributed by atoms with Crippen LogP contribution in [0.4, 0.5) is 5.69 Å². The highest BCUT2D eigenvalue weighted by molar-refractivity contribution is 6.09. The number of Topliss-reactive ketones (excluding diaryl/α,β-unsaturated/α-hetero) is 1. The Kier molecular flexibility index (Phi) is 3.33. The van der Waals surface area contributed by atoms with Gasteiger partial charge in [0.1, 0.15) is 0 Å². The van der Waals surface area contributed by atoms with Gasteiger partial charge in [-0.15, -0.1) is 0 Å². The van der Waals surface area contributed by atoms with Crippen molar-refractivity contribution in [1.29, 1.82) is 0 Å². The minimum Gasteiger partial charge on any atom is -0.375 e. The Labute approximate surface area is 127 Å². The number of ketones is 1. The number of anilines is 1. The number of benzene rings is 1. The van der Waals surface area contributed by atoms with E-state index in [9.17, 15) is 14.7 Å². The van der Waals surface area contributed by atoms with Crippen LogP contribution in [0.5, 0.6) is 0 Å². The molecule has 1 aliphatic rings. The van der Waals surface area contributed by atoms with E-state index < -0.39 is 11.5 Å².